The van der Waals surface area contributed by atoms with Gasteiger partial charge in [-0.1, -0.05) is 0 Å². The molecule has 0 aliphatic carbocycles. The maximum Gasteiger partial charge on any atom is 0.460 e. The minimum absolute atomic E-state index is 5.31. The monoisotopic (exact) mass is 952 g/mol. The Kier molecular flexibility index (Phi) is 12.5. The Morgan fingerprint density at radius 3 is 0.466 bits per heavy atom. The fourth-order valence-electron chi connectivity index (χ4n) is 3.44. The molecule has 0 saturated carbocycles. The van der Waals surface area contributed by atoms with Crippen molar-refractivity contribution < 1.29 is 169 Å². The van der Waals surface area contributed by atoms with Gasteiger partial charge in [-0.25, -0.2) is 9.59 Å². The van der Waals surface area contributed by atoms with E-state index in [9.17, 15) is 159 Å². The van der Waals surface area contributed by atoms with Gasteiger partial charge in [-0.15, -0.1) is 0 Å². The van der Waals surface area contributed by atoms with Crippen LogP contribution < -0.4 is 0 Å². The lowest BCUT2D eigenvalue weighted by Crippen LogP contribution is -2.75. The SMILES string of the molecule is O=C(O)C(=C(C(=O)O)C(F)(F)C(F)(F)C(F)(F)C(F)(F)C(F)(F)C(F)(F)C(F)(F)C(F)(F)F)C(F)(F)C(F)(F)C(F)(F)C(F)(F)C(F)(F)C(F)(F)C(F)(F)C(F)(F)F. The van der Waals surface area contributed by atoms with Gasteiger partial charge < -0.3 is 10.2 Å². The van der Waals surface area contributed by atoms with E-state index in [0.717, 1.165) is 0 Å². The van der Waals surface area contributed by atoms with Crippen LogP contribution in [0.4, 0.5) is 149 Å². The van der Waals surface area contributed by atoms with Gasteiger partial charge in [0, 0.05) is 0 Å². The largest absolute Gasteiger partial charge is 0.478 e. The van der Waals surface area contributed by atoms with Gasteiger partial charge in [0.05, 0.1) is 0 Å². The predicted octanol–water partition coefficient (Wildman–Crippen LogP) is 10.5. The van der Waals surface area contributed by atoms with Crippen LogP contribution in [0.1, 0.15) is 0 Å². The Hall–Kier alpha value is -3.70. The second-order valence-corrected chi connectivity index (χ2v) is 10.4. The molecule has 0 heterocycles. The van der Waals surface area contributed by atoms with Crippen LogP contribution in [-0.2, 0) is 9.59 Å². The highest BCUT2D eigenvalue weighted by atomic mass is 19.4. The number of hydrogen-bond acceptors (Lipinski definition) is 2. The summed E-state index contributed by atoms with van der Waals surface area (Å²) in [5, 5.41) is 16.9. The molecule has 0 aromatic heterocycles. The smallest absolute Gasteiger partial charge is 0.460 e. The zero-order valence-corrected chi connectivity index (χ0v) is 24.6. The third kappa shape index (κ3) is 6.43. The molecular weight excluding hydrogens is 950 g/mol. The molecule has 38 heteroatoms. The Labute approximate surface area is 289 Å². The van der Waals surface area contributed by atoms with Crippen LogP contribution in [0.25, 0.3) is 0 Å². The molecule has 0 aromatic rings. The molecule has 0 atom stereocenters. The number of alkyl halides is 34. The van der Waals surface area contributed by atoms with E-state index in [0.29, 0.717) is 0 Å². The van der Waals surface area contributed by atoms with Crippen LogP contribution in [0.2, 0.25) is 0 Å². The van der Waals surface area contributed by atoms with Gasteiger partial charge >= 0.3 is 107 Å². The molecule has 2 N–H and O–H groups in total. The number of hydrogen-bond donors (Lipinski definition) is 2. The summed E-state index contributed by atoms with van der Waals surface area (Å²) >= 11 is 0. The van der Waals surface area contributed by atoms with Crippen molar-refractivity contribution >= 4 is 11.9 Å². The molecule has 0 aromatic carbocycles. The molecule has 0 radical (unpaired) electrons. The highest BCUT2D eigenvalue weighted by Crippen LogP contribution is 2.67. The summed E-state index contributed by atoms with van der Waals surface area (Å²) in [4.78, 5) is 22.1. The van der Waals surface area contributed by atoms with E-state index in [4.69, 9.17) is 10.2 Å². The van der Waals surface area contributed by atoms with Crippen molar-refractivity contribution in [1.29, 1.82) is 0 Å². The van der Waals surface area contributed by atoms with Crippen molar-refractivity contribution in [1.82, 2.24) is 0 Å². The highest BCUT2D eigenvalue weighted by molar-refractivity contribution is 6.01. The molecular formula is C20H2F34O4. The first-order valence-corrected chi connectivity index (χ1v) is 12.0. The summed E-state index contributed by atoms with van der Waals surface area (Å²) in [5.41, 5.74) is -12.1. The fraction of sp³-hybridized carbons (Fsp3) is 0.800. The zero-order valence-electron chi connectivity index (χ0n) is 24.6. The van der Waals surface area contributed by atoms with Crippen LogP contribution in [-0.4, -0.2) is 117 Å². The average Bonchev–Trinajstić information content (AvgIpc) is 2.96. The van der Waals surface area contributed by atoms with E-state index in [2.05, 4.69) is 0 Å². The molecule has 0 unspecified atom stereocenters. The van der Waals surface area contributed by atoms with Gasteiger partial charge in [-0.3, -0.25) is 0 Å². The molecule has 58 heavy (non-hydrogen) atoms. The minimum Gasteiger partial charge on any atom is -0.478 e. The Morgan fingerprint density at radius 2 is 0.345 bits per heavy atom. The van der Waals surface area contributed by atoms with E-state index in [1.54, 1.807) is 0 Å². The van der Waals surface area contributed by atoms with Crippen molar-refractivity contribution in [2.45, 2.75) is 95.3 Å². The summed E-state index contributed by atoms with van der Waals surface area (Å²) in [7, 11) is 0. The van der Waals surface area contributed by atoms with E-state index in [1.165, 1.54) is 0 Å². The number of halogens is 34. The maximum absolute atomic E-state index is 14.5. The van der Waals surface area contributed by atoms with Gasteiger partial charge in [-0.2, -0.15) is 149 Å². The molecule has 344 valence electrons. The first-order chi connectivity index (χ1) is 24.4. The topological polar surface area (TPSA) is 74.6 Å². The standard InChI is InChI=1S/C20H2F34O4/c21-5(22,7(25,26)9(29,30)11(33,34)13(37,38)15(41,42)17(45,46)19(49,50)51)1(3(55)56)2(4(57)58)6(23,24)8(27,28)10(31,32)12(35,36)14(39,40)16(43,44)18(47,48)20(52,53)54/h(H,55,56)(H,57,58). The first kappa shape index (κ1) is 54.3. The summed E-state index contributed by atoms with van der Waals surface area (Å²) < 4.78 is 459. The van der Waals surface area contributed by atoms with Gasteiger partial charge in [0.15, 0.2) is 0 Å². The van der Waals surface area contributed by atoms with Gasteiger partial charge in [-0.05, 0) is 0 Å². The Balaban J connectivity index is 8.44. The van der Waals surface area contributed by atoms with Gasteiger partial charge in [0.25, 0.3) is 0 Å². The summed E-state index contributed by atoms with van der Waals surface area (Å²) in [5.74, 6) is -144. The second-order valence-electron chi connectivity index (χ2n) is 10.4. The molecule has 4 nitrogen and oxygen atoms in total. The van der Waals surface area contributed by atoms with Crippen LogP contribution >= 0.6 is 0 Å². The highest BCUT2D eigenvalue weighted by Gasteiger charge is 2.98. The second kappa shape index (κ2) is 13.4. The van der Waals surface area contributed by atoms with Gasteiger partial charge in [0.1, 0.15) is 11.1 Å². The van der Waals surface area contributed by atoms with E-state index >= 15 is 0 Å². The Bertz CT molecular complexity index is 1500. The third-order valence-electron chi connectivity index (χ3n) is 6.75. The molecule has 0 spiro atoms. The molecule has 0 fully saturated rings. The number of carboxylic acid groups (broad SMARTS) is 2. The molecule has 0 saturated heterocycles. The van der Waals surface area contributed by atoms with Gasteiger partial charge in [0.2, 0.25) is 0 Å². The minimum atomic E-state index is -9.89. The van der Waals surface area contributed by atoms with Crippen molar-refractivity contribution in [2.24, 2.45) is 0 Å². The molecule has 0 aliphatic rings. The Morgan fingerprint density at radius 1 is 0.224 bits per heavy atom. The zero-order chi connectivity index (χ0) is 48.3. The van der Waals surface area contributed by atoms with Crippen LogP contribution in [0.5, 0.6) is 0 Å². The normalized spacial score (nSPS) is 17.0. The lowest BCUT2D eigenvalue weighted by Gasteiger charge is -2.44. The van der Waals surface area contributed by atoms with E-state index < -0.39 is 118 Å². The van der Waals surface area contributed by atoms with Crippen molar-refractivity contribution in [3.05, 3.63) is 11.1 Å². The maximum atomic E-state index is 14.5. The number of carboxylic acids is 2. The average molecular weight is 952 g/mol. The summed E-state index contributed by atoms with van der Waals surface area (Å²) in [6, 6.07) is 0. The lowest BCUT2D eigenvalue weighted by molar-refractivity contribution is -0.460. The number of rotatable bonds is 16. The number of carbonyl (C=O) groups is 2. The quantitative estimate of drug-likeness (QED) is 0.119. The van der Waals surface area contributed by atoms with Crippen molar-refractivity contribution in [2.75, 3.05) is 0 Å². The summed E-state index contributed by atoms with van der Waals surface area (Å²) in [6.07, 6.45) is -16.8. The van der Waals surface area contributed by atoms with Crippen molar-refractivity contribution in [3.63, 3.8) is 0 Å². The molecule has 0 rings (SSSR count). The first-order valence-electron chi connectivity index (χ1n) is 12.0. The predicted molar refractivity (Wildman–Crippen MR) is 104 cm³/mol. The van der Waals surface area contributed by atoms with Crippen LogP contribution in [0, 0.1) is 0 Å². The third-order valence-corrected chi connectivity index (χ3v) is 6.75. The van der Waals surface area contributed by atoms with Crippen molar-refractivity contribution in [3.8, 4) is 0 Å². The van der Waals surface area contributed by atoms with Crippen LogP contribution in [0.15, 0.2) is 11.1 Å². The van der Waals surface area contributed by atoms with Crippen LogP contribution in [0.3, 0.4) is 0 Å². The van der Waals surface area contributed by atoms with E-state index in [-0.39, 0.29) is 0 Å². The molecule has 0 aliphatic heterocycles. The summed E-state index contributed by atoms with van der Waals surface area (Å²) in [6.45, 7) is 0. The van der Waals surface area contributed by atoms with E-state index in [1.807, 2.05) is 0 Å². The fourth-order valence-corrected chi connectivity index (χ4v) is 3.44. The number of aliphatic carboxylic acids is 2. The molecule has 0 bridgehead atoms. The lowest BCUT2D eigenvalue weighted by atomic mass is 9.82. The molecule has 0 amide bonds.